The second-order valence-corrected chi connectivity index (χ2v) is 5.08. The molecule has 0 bridgehead atoms. The molecule has 0 fully saturated rings. The maximum atomic E-state index is 5.93. The lowest BCUT2D eigenvalue weighted by Crippen LogP contribution is -2.00. The zero-order valence-electron chi connectivity index (χ0n) is 12.4. The Kier molecular flexibility index (Phi) is 5.00. The summed E-state index contributed by atoms with van der Waals surface area (Å²) >= 11 is 0. The predicted octanol–water partition coefficient (Wildman–Crippen LogP) is 5.42. The van der Waals surface area contributed by atoms with Gasteiger partial charge in [0.1, 0.15) is 6.61 Å². The molecule has 0 aliphatic heterocycles. The largest absolute Gasteiger partial charge is 0.493 e. The number of hydrogen-bond donors (Lipinski definition) is 0. The third-order valence-corrected chi connectivity index (χ3v) is 3.54. The second kappa shape index (κ2) is 6.95. The molecule has 1 heteroatoms. The molecule has 0 radical (unpaired) electrons. The summed E-state index contributed by atoms with van der Waals surface area (Å²) in [5.74, 6) is 1.08. The van der Waals surface area contributed by atoms with Crippen LogP contribution >= 0.6 is 0 Å². The molecular weight excluding hydrogens is 244 g/mol. The van der Waals surface area contributed by atoms with E-state index in [1.807, 2.05) is 13.0 Å². The SMILES string of the molecule is C=Cc1ccc(COC2=CC(/C=C\C)=C(C)CC2)cc1. The summed E-state index contributed by atoms with van der Waals surface area (Å²) in [7, 11) is 0. The van der Waals surface area contributed by atoms with E-state index in [1.54, 1.807) is 0 Å². The van der Waals surface area contributed by atoms with Gasteiger partial charge in [-0.2, -0.15) is 0 Å². The molecule has 1 aromatic carbocycles. The van der Waals surface area contributed by atoms with Crippen molar-refractivity contribution in [3.8, 4) is 0 Å². The molecule has 0 saturated carbocycles. The van der Waals surface area contributed by atoms with Crippen molar-refractivity contribution in [1.82, 2.24) is 0 Å². The smallest absolute Gasteiger partial charge is 0.113 e. The summed E-state index contributed by atoms with van der Waals surface area (Å²) in [4.78, 5) is 0. The van der Waals surface area contributed by atoms with E-state index in [2.05, 4.69) is 56.0 Å². The minimum Gasteiger partial charge on any atom is -0.493 e. The summed E-state index contributed by atoms with van der Waals surface area (Å²) in [5, 5.41) is 0. The van der Waals surface area contributed by atoms with Crippen LogP contribution in [0.3, 0.4) is 0 Å². The fourth-order valence-electron chi connectivity index (χ4n) is 2.23. The first kappa shape index (κ1) is 14.4. The Bertz CT molecular complexity index is 556. The second-order valence-electron chi connectivity index (χ2n) is 5.08. The van der Waals surface area contributed by atoms with E-state index >= 15 is 0 Å². The summed E-state index contributed by atoms with van der Waals surface area (Å²) in [6.07, 6.45) is 10.3. The maximum absolute atomic E-state index is 5.93. The Labute approximate surface area is 122 Å². The Morgan fingerprint density at radius 2 is 1.95 bits per heavy atom. The molecular formula is C19H22O. The molecule has 0 saturated heterocycles. The van der Waals surface area contributed by atoms with Crippen molar-refractivity contribution in [2.45, 2.75) is 33.3 Å². The van der Waals surface area contributed by atoms with Gasteiger partial charge in [0.05, 0.1) is 5.76 Å². The van der Waals surface area contributed by atoms with E-state index in [-0.39, 0.29) is 0 Å². The van der Waals surface area contributed by atoms with Crippen molar-refractivity contribution in [1.29, 1.82) is 0 Å². The Hall–Kier alpha value is -2.02. The molecule has 0 unspecified atom stereocenters. The molecule has 1 nitrogen and oxygen atoms in total. The summed E-state index contributed by atoms with van der Waals surface area (Å²) < 4.78 is 5.93. The van der Waals surface area contributed by atoms with Gasteiger partial charge in [-0.3, -0.25) is 0 Å². The standard InChI is InChI=1S/C19H22O/c1-4-6-18-13-19(12-7-15(18)3)20-14-17-10-8-16(5-2)9-11-17/h4-6,8-11,13H,2,7,12,14H2,1,3H3/b6-4-. The predicted molar refractivity (Wildman–Crippen MR) is 86.2 cm³/mol. The van der Waals surface area contributed by atoms with Crippen LogP contribution in [0, 0.1) is 0 Å². The lowest BCUT2D eigenvalue weighted by molar-refractivity contribution is 0.187. The first-order valence-corrected chi connectivity index (χ1v) is 7.10. The maximum Gasteiger partial charge on any atom is 0.113 e. The highest BCUT2D eigenvalue weighted by molar-refractivity contribution is 5.47. The molecule has 0 amide bonds. The summed E-state index contributed by atoms with van der Waals surface area (Å²) in [6.45, 7) is 8.63. The lowest BCUT2D eigenvalue weighted by Gasteiger charge is -2.17. The quantitative estimate of drug-likeness (QED) is 0.691. The van der Waals surface area contributed by atoms with E-state index in [1.165, 1.54) is 16.7 Å². The van der Waals surface area contributed by atoms with Crippen LogP contribution in [0.1, 0.15) is 37.8 Å². The molecule has 0 spiro atoms. The van der Waals surface area contributed by atoms with Crippen LogP contribution in [0.2, 0.25) is 0 Å². The molecule has 0 N–H and O–H groups in total. The van der Waals surface area contributed by atoms with Crippen molar-refractivity contribution >= 4 is 6.08 Å². The third kappa shape index (κ3) is 3.74. The molecule has 1 aliphatic rings. The fraction of sp³-hybridized carbons (Fsp3) is 0.263. The zero-order chi connectivity index (χ0) is 14.4. The Balaban J connectivity index is 2.00. The highest BCUT2D eigenvalue weighted by Gasteiger charge is 2.09. The van der Waals surface area contributed by atoms with Gasteiger partial charge in [-0.1, -0.05) is 54.6 Å². The normalized spacial score (nSPS) is 15.4. The van der Waals surface area contributed by atoms with E-state index in [0.717, 1.165) is 24.2 Å². The summed E-state index contributed by atoms with van der Waals surface area (Å²) in [5.41, 5.74) is 5.05. The topological polar surface area (TPSA) is 9.23 Å². The fourth-order valence-corrected chi connectivity index (χ4v) is 2.23. The Morgan fingerprint density at radius 1 is 1.20 bits per heavy atom. The van der Waals surface area contributed by atoms with Crippen LogP contribution < -0.4 is 0 Å². The molecule has 0 heterocycles. The zero-order valence-corrected chi connectivity index (χ0v) is 12.4. The van der Waals surface area contributed by atoms with Crippen molar-refractivity contribution in [3.05, 3.63) is 77.1 Å². The number of hydrogen-bond acceptors (Lipinski definition) is 1. The number of rotatable bonds is 5. The van der Waals surface area contributed by atoms with Gasteiger partial charge in [0.25, 0.3) is 0 Å². The number of allylic oxidation sites excluding steroid dienone is 6. The average molecular weight is 266 g/mol. The third-order valence-electron chi connectivity index (χ3n) is 3.54. The molecule has 0 aromatic heterocycles. The minimum absolute atomic E-state index is 0.630. The van der Waals surface area contributed by atoms with Gasteiger partial charge in [0.2, 0.25) is 0 Å². The highest BCUT2D eigenvalue weighted by atomic mass is 16.5. The number of ether oxygens (including phenoxy) is 1. The molecule has 20 heavy (non-hydrogen) atoms. The summed E-state index contributed by atoms with van der Waals surface area (Å²) in [6, 6.07) is 8.31. The van der Waals surface area contributed by atoms with Crippen LogP contribution in [0.25, 0.3) is 6.08 Å². The van der Waals surface area contributed by atoms with Gasteiger partial charge in [0, 0.05) is 6.42 Å². The van der Waals surface area contributed by atoms with Crippen LogP contribution in [0.4, 0.5) is 0 Å². The molecule has 2 rings (SSSR count). The highest BCUT2D eigenvalue weighted by Crippen LogP contribution is 2.25. The first-order chi connectivity index (χ1) is 9.72. The first-order valence-electron chi connectivity index (χ1n) is 7.10. The molecule has 0 atom stereocenters. The van der Waals surface area contributed by atoms with E-state index in [9.17, 15) is 0 Å². The van der Waals surface area contributed by atoms with Gasteiger partial charge in [0.15, 0.2) is 0 Å². The van der Waals surface area contributed by atoms with Crippen LogP contribution in [-0.4, -0.2) is 0 Å². The molecule has 1 aliphatic carbocycles. The van der Waals surface area contributed by atoms with E-state index in [4.69, 9.17) is 4.74 Å². The molecule has 1 aromatic rings. The van der Waals surface area contributed by atoms with E-state index < -0.39 is 0 Å². The van der Waals surface area contributed by atoms with Gasteiger partial charge >= 0.3 is 0 Å². The minimum atomic E-state index is 0.630. The van der Waals surface area contributed by atoms with Gasteiger partial charge in [-0.05, 0) is 43.0 Å². The van der Waals surface area contributed by atoms with Crippen molar-refractivity contribution in [2.24, 2.45) is 0 Å². The monoisotopic (exact) mass is 266 g/mol. The van der Waals surface area contributed by atoms with Gasteiger partial charge in [-0.25, -0.2) is 0 Å². The van der Waals surface area contributed by atoms with Crippen LogP contribution in [0.5, 0.6) is 0 Å². The van der Waals surface area contributed by atoms with Crippen LogP contribution in [-0.2, 0) is 11.3 Å². The Morgan fingerprint density at radius 3 is 2.60 bits per heavy atom. The number of benzene rings is 1. The van der Waals surface area contributed by atoms with Crippen LogP contribution in [0.15, 0.2) is 66.0 Å². The van der Waals surface area contributed by atoms with E-state index in [0.29, 0.717) is 6.61 Å². The molecule has 104 valence electrons. The van der Waals surface area contributed by atoms with Crippen molar-refractivity contribution in [3.63, 3.8) is 0 Å². The van der Waals surface area contributed by atoms with Crippen molar-refractivity contribution in [2.75, 3.05) is 0 Å². The van der Waals surface area contributed by atoms with Gasteiger partial charge < -0.3 is 4.74 Å². The van der Waals surface area contributed by atoms with Crippen molar-refractivity contribution < 1.29 is 4.74 Å². The van der Waals surface area contributed by atoms with Gasteiger partial charge in [-0.15, -0.1) is 0 Å². The average Bonchev–Trinajstić information content (AvgIpc) is 2.49. The lowest BCUT2D eigenvalue weighted by atomic mass is 9.97.